The third kappa shape index (κ3) is 8.74. The molecule has 37 heavy (non-hydrogen) atoms. The molecule has 4 rings (SSSR count). The fraction of sp³-hybridized carbons (Fsp3) is 0.310. The molecule has 2 heterocycles. The van der Waals surface area contributed by atoms with E-state index in [4.69, 9.17) is 16.3 Å². The Morgan fingerprint density at radius 1 is 0.946 bits per heavy atom. The lowest BCUT2D eigenvalue weighted by atomic mass is 10.0. The van der Waals surface area contributed by atoms with Gasteiger partial charge in [-0.3, -0.25) is 4.79 Å². The van der Waals surface area contributed by atoms with Crippen molar-refractivity contribution < 1.29 is 14.3 Å². The molecule has 1 saturated heterocycles. The summed E-state index contributed by atoms with van der Waals surface area (Å²) in [7, 11) is 0. The molecule has 8 heteroatoms. The molecule has 2 N–H and O–H groups in total. The molecule has 0 unspecified atom stereocenters. The van der Waals surface area contributed by atoms with Gasteiger partial charge in [-0.15, -0.1) is 11.3 Å². The van der Waals surface area contributed by atoms with Gasteiger partial charge in [0.2, 0.25) is 5.91 Å². The number of hydrogen-bond donors (Lipinski definition) is 2. The second-order valence-corrected chi connectivity index (χ2v) is 10.7. The number of morpholine rings is 1. The fourth-order valence-corrected chi connectivity index (χ4v) is 5.14. The number of ether oxygens (including phenoxy) is 1. The number of carbonyl (C=O) groups excluding carboxylic acids is 2. The van der Waals surface area contributed by atoms with Crippen molar-refractivity contribution in [2.75, 3.05) is 26.3 Å². The summed E-state index contributed by atoms with van der Waals surface area (Å²) in [6.45, 7) is 2.03. The molecule has 6 nitrogen and oxygen atoms in total. The van der Waals surface area contributed by atoms with Crippen molar-refractivity contribution in [1.82, 2.24) is 15.5 Å². The number of urea groups is 1. The van der Waals surface area contributed by atoms with Gasteiger partial charge in [-0.1, -0.05) is 78.3 Å². The minimum atomic E-state index is -0.707. The first-order valence-corrected chi connectivity index (χ1v) is 13.7. The van der Waals surface area contributed by atoms with Crippen molar-refractivity contribution in [1.29, 1.82) is 0 Å². The van der Waals surface area contributed by atoms with Gasteiger partial charge >= 0.3 is 6.03 Å². The number of benzene rings is 2. The molecule has 0 aliphatic carbocycles. The van der Waals surface area contributed by atoms with E-state index in [2.05, 4.69) is 22.8 Å². The van der Waals surface area contributed by atoms with Gasteiger partial charge < -0.3 is 20.3 Å². The van der Waals surface area contributed by atoms with Crippen LogP contribution in [-0.2, 0) is 22.4 Å². The average Bonchev–Trinajstić information content (AvgIpc) is 3.36. The van der Waals surface area contributed by atoms with E-state index in [1.807, 2.05) is 72.8 Å². The normalized spacial score (nSPS) is 15.3. The molecule has 0 spiro atoms. The Bertz CT molecular complexity index is 1160. The number of rotatable bonds is 10. The van der Waals surface area contributed by atoms with Crippen molar-refractivity contribution in [3.8, 4) is 0 Å². The highest BCUT2D eigenvalue weighted by atomic mass is 35.5. The standard InChI is InChI=1S/C29H32ClN3O3S/c30-27-16-15-25(37-27)14-13-24(12-11-22-7-3-1-4-8-22)31-28(34)26(21-23-9-5-2-6-10-23)32-29(35)33-17-19-36-20-18-33/h1-10,13-16,24,26H,11-12,17-21H2,(H,31,34)(H,32,35)/t24-,26-/m0/s1. The Kier molecular flexibility index (Phi) is 10.2. The molecule has 1 aliphatic heterocycles. The van der Waals surface area contributed by atoms with E-state index in [9.17, 15) is 9.59 Å². The Morgan fingerprint density at radius 3 is 2.27 bits per heavy atom. The van der Waals surface area contributed by atoms with Crippen LogP contribution in [0.3, 0.4) is 0 Å². The van der Waals surface area contributed by atoms with Crippen LogP contribution in [0.25, 0.3) is 6.08 Å². The Balaban J connectivity index is 1.48. The summed E-state index contributed by atoms with van der Waals surface area (Å²) in [6, 6.07) is 22.6. The minimum Gasteiger partial charge on any atom is -0.378 e. The summed E-state index contributed by atoms with van der Waals surface area (Å²) >= 11 is 7.58. The maximum Gasteiger partial charge on any atom is 0.318 e. The highest BCUT2D eigenvalue weighted by molar-refractivity contribution is 7.16. The molecule has 194 valence electrons. The van der Waals surface area contributed by atoms with Crippen molar-refractivity contribution in [2.45, 2.75) is 31.3 Å². The monoisotopic (exact) mass is 537 g/mol. The molecule has 0 radical (unpaired) electrons. The lowest BCUT2D eigenvalue weighted by Crippen LogP contribution is -2.55. The first-order valence-electron chi connectivity index (χ1n) is 12.5. The van der Waals surface area contributed by atoms with E-state index < -0.39 is 6.04 Å². The molecule has 0 bridgehead atoms. The fourth-order valence-electron chi connectivity index (χ4n) is 4.16. The zero-order valence-electron chi connectivity index (χ0n) is 20.6. The molecule has 2 aromatic carbocycles. The third-order valence-electron chi connectivity index (χ3n) is 6.20. The number of hydrogen-bond acceptors (Lipinski definition) is 4. The van der Waals surface area contributed by atoms with Crippen LogP contribution in [0.2, 0.25) is 4.34 Å². The summed E-state index contributed by atoms with van der Waals surface area (Å²) < 4.78 is 6.08. The van der Waals surface area contributed by atoms with Crippen LogP contribution in [0.15, 0.2) is 78.9 Å². The molecule has 0 saturated carbocycles. The van der Waals surface area contributed by atoms with Crippen molar-refractivity contribution >= 4 is 41.0 Å². The highest BCUT2D eigenvalue weighted by Crippen LogP contribution is 2.23. The number of halogens is 1. The Labute approximate surface area is 227 Å². The first-order chi connectivity index (χ1) is 18.1. The van der Waals surface area contributed by atoms with Crippen molar-refractivity contribution in [3.05, 3.63) is 99.2 Å². The van der Waals surface area contributed by atoms with Gasteiger partial charge in [0.15, 0.2) is 0 Å². The van der Waals surface area contributed by atoms with Gasteiger partial charge in [-0.2, -0.15) is 0 Å². The number of thiophene rings is 1. The van der Waals surface area contributed by atoms with Crippen LogP contribution in [0.1, 0.15) is 22.4 Å². The zero-order valence-corrected chi connectivity index (χ0v) is 22.2. The number of amides is 3. The number of nitrogens with zero attached hydrogens (tertiary/aromatic N) is 1. The highest BCUT2D eigenvalue weighted by Gasteiger charge is 2.26. The second kappa shape index (κ2) is 14.0. The Hall–Kier alpha value is -3.13. The molecule has 1 aromatic heterocycles. The lowest BCUT2D eigenvalue weighted by molar-refractivity contribution is -0.123. The van der Waals surface area contributed by atoms with E-state index in [1.165, 1.54) is 16.9 Å². The molecular formula is C29H32ClN3O3S. The van der Waals surface area contributed by atoms with Crippen molar-refractivity contribution in [2.24, 2.45) is 0 Å². The van der Waals surface area contributed by atoms with Gasteiger partial charge in [-0.25, -0.2) is 4.79 Å². The quantitative estimate of drug-likeness (QED) is 0.374. The Morgan fingerprint density at radius 2 is 1.62 bits per heavy atom. The maximum absolute atomic E-state index is 13.6. The van der Waals surface area contributed by atoms with Gasteiger partial charge in [0.1, 0.15) is 6.04 Å². The molecule has 1 aliphatic rings. The minimum absolute atomic E-state index is 0.211. The van der Waals surface area contributed by atoms with E-state index in [1.54, 1.807) is 4.90 Å². The van der Waals surface area contributed by atoms with Gasteiger partial charge in [0, 0.05) is 30.4 Å². The number of carbonyl (C=O) groups is 2. The summed E-state index contributed by atoms with van der Waals surface area (Å²) in [5.41, 5.74) is 2.19. The molecule has 2 atom stereocenters. The van der Waals surface area contributed by atoms with Crippen LogP contribution in [0.4, 0.5) is 4.79 Å². The second-order valence-electron chi connectivity index (χ2n) is 8.93. The van der Waals surface area contributed by atoms with E-state index in [0.29, 0.717) is 32.7 Å². The maximum atomic E-state index is 13.6. The van der Waals surface area contributed by atoms with E-state index >= 15 is 0 Å². The SMILES string of the molecule is O=C(N[C@H](C=Cc1ccc(Cl)s1)CCc1ccccc1)[C@H](Cc1ccccc1)NC(=O)N1CCOCC1. The first kappa shape index (κ1) is 26.9. The molecule has 1 fully saturated rings. The smallest absolute Gasteiger partial charge is 0.318 e. The third-order valence-corrected chi connectivity index (χ3v) is 7.39. The average molecular weight is 538 g/mol. The molecule has 3 amide bonds. The van der Waals surface area contributed by atoms with Crippen LogP contribution < -0.4 is 10.6 Å². The van der Waals surface area contributed by atoms with Gasteiger partial charge in [0.05, 0.1) is 17.6 Å². The predicted molar refractivity (Wildman–Crippen MR) is 150 cm³/mol. The summed E-state index contributed by atoms with van der Waals surface area (Å²) in [5, 5.41) is 6.15. The zero-order chi connectivity index (χ0) is 25.9. The van der Waals surface area contributed by atoms with Gasteiger partial charge in [0.25, 0.3) is 0 Å². The van der Waals surface area contributed by atoms with Crippen molar-refractivity contribution in [3.63, 3.8) is 0 Å². The number of aryl methyl sites for hydroxylation is 1. The topological polar surface area (TPSA) is 70.7 Å². The lowest BCUT2D eigenvalue weighted by Gasteiger charge is -2.29. The largest absolute Gasteiger partial charge is 0.378 e. The van der Waals surface area contributed by atoms with Crippen LogP contribution >= 0.6 is 22.9 Å². The summed E-state index contributed by atoms with van der Waals surface area (Å²) in [4.78, 5) is 29.3. The summed E-state index contributed by atoms with van der Waals surface area (Å²) in [6.07, 6.45) is 5.93. The van der Waals surface area contributed by atoms with Gasteiger partial charge in [-0.05, 0) is 42.2 Å². The van der Waals surface area contributed by atoms with E-state index in [-0.39, 0.29) is 18.0 Å². The number of nitrogens with one attached hydrogen (secondary N) is 2. The van der Waals surface area contributed by atoms with Crippen LogP contribution in [0, 0.1) is 0 Å². The summed E-state index contributed by atoms with van der Waals surface area (Å²) in [5.74, 6) is -0.211. The van der Waals surface area contributed by atoms with Crippen LogP contribution in [-0.4, -0.2) is 55.2 Å². The molecular weight excluding hydrogens is 506 g/mol. The molecule has 3 aromatic rings. The van der Waals surface area contributed by atoms with E-state index in [0.717, 1.165) is 27.6 Å². The predicted octanol–water partition coefficient (Wildman–Crippen LogP) is 5.19. The van der Waals surface area contributed by atoms with Crippen LogP contribution in [0.5, 0.6) is 0 Å².